The predicted octanol–water partition coefficient (Wildman–Crippen LogP) is 3.24. The zero-order chi connectivity index (χ0) is 12.1. The second kappa shape index (κ2) is 6.52. The van der Waals surface area contributed by atoms with E-state index in [9.17, 15) is 4.79 Å². The van der Waals surface area contributed by atoms with Gasteiger partial charge in [-0.15, -0.1) is 11.3 Å². The molecule has 0 saturated heterocycles. The van der Waals surface area contributed by atoms with E-state index in [1.165, 1.54) is 0 Å². The summed E-state index contributed by atoms with van der Waals surface area (Å²) in [6, 6.07) is 1.98. The van der Waals surface area contributed by atoms with Gasteiger partial charge < -0.3 is 5.73 Å². The Balaban J connectivity index is 2.59. The van der Waals surface area contributed by atoms with Crippen LogP contribution < -0.4 is 5.73 Å². The maximum absolute atomic E-state index is 12.0. The number of hydrogen-bond donors (Lipinski definition) is 1. The van der Waals surface area contributed by atoms with E-state index in [1.54, 1.807) is 11.3 Å². The number of carbonyl (C=O) groups is 1. The first kappa shape index (κ1) is 13.9. The van der Waals surface area contributed by atoms with Crippen LogP contribution >= 0.6 is 27.3 Å². The minimum atomic E-state index is 0.00833. The lowest BCUT2D eigenvalue weighted by molar-refractivity contribution is -0.122. The molecule has 0 saturated carbocycles. The lowest BCUT2D eigenvalue weighted by Gasteiger charge is -2.15. The number of nitrogens with two attached hydrogens (primary N) is 1. The van der Waals surface area contributed by atoms with Gasteiger partial charge >= 0.3 is 0 Å². The van der Waals surface area contributed by atoms with E-state index in [2.05, 4.69) is 29.8 Å². The maximum atomic E-state index is 12.0. The highest BCUT2D eigenvalue weighted by Crippen LogP contribution is 2.25. The molecule has 2 nitrogen and oxygen atoms in total. The van der Waals surface area contributed by atoms with Crippen LogP contribution in [-0.4, -0.2) is 12.3 Å². The molecule has 16 heavy (non-hydrogen) atoms. The molecular weight excluding hydrogens is 286 g/mol. The molecule has 0 aliphatic heterocycles. The Labute approximate surface area is 109 Å². The Bertz CT molecular complexity index is 349. The third-order valence-electron chi connectivity index (χ3n) is 2.52. The molecule has 4 heteroatoms. The number of halogens is 1. The standard InChI is InChI=1S/C12H18BrNOS/c1-8(2)5-9(7-14)11(15)6-12-10(13)3-4-16-12/h3-4,8-9H,5-7,14H2,1-2H3. The minimum absolute atomic E-state index is 0.00833. The molecule has 1 unspecified atom stereocenters. The molecule has 90 valence electrons. The van der Waals surface area contributed by atoms with Crippen molar-refractivity contribution in [1.82, 2.24) is 0 Å². The quantitative estimate of drug-likeness (QED) is 0.876. The van der Waals surface area contributed by atoms with E-state index in [4.69, 9.17) is 5.73 Å². The van der Waals surface area contributed by atoms with Crippen LogP contribution in [0.5, 0.6) is 0 Å². The van der Waals surface area contributed by atoms with E-state index in [1.807, 2.05) is 11.4 Å². The summed E-state index contributed by atoms with van der Waals surface area (Å²) in [6.07, 6.45) is 1.39. The fraction of sp³-hybridized carbons (Fsp3) is 0.583. The van der Waals surface area contributed by atoms with Gasteiger partial charge in [-0.2, -0.15) is 0 Å². The molecule has 1 atom stereocenters. The normalized spacial score (nSPS) is 13.1. The van der Waals surface area contributed by atoms with Crippen molar-refractivity contribution in [2.45, 2.75) is 26.7 Å². The molecule has 0 aromatic carbocycles. The van der Waals surface area contributed by atoms with E-state index in [0.29, 0.717) is 18.9 Å². The molecule has 0 fully saturated rings. The molecule has 1 rings (SSSR count). The molecule has 1 aromatic rings. The van der Waals surface area contributed by atoms with E-state index < -0.39 is 0 Å². The summed E-state index contributed by atoms with van der Waals surface area (Å²) in [5.41, 5.74) is 5.66. The largest absolute Gasteiger partial charge is 0.330 e. The van der Waals surface area contributed by atoms with Gasteiger partial charge in [0.15, 0.2) is 0 Å². The first-order valence-electron chi connectivity index (χ1n) is 5.49. The Morgan fingerprint density at radius 1 is 1.56 bits per heavy atom. The van der Waals surface area contributed by atoms with Crippen molar-refractivity contribution in [3.05, 3.63) is 20.8 Å². The van der Waals surface area contributed by atoms with Crippen molar-refractivity contribution in [3.63, 3.8) is 0 Å². The molecule has 0 spiro atoms. The predicted molar refractivity (Wildman–Crippen MR) is 72.7 cm³/mol. The fourth-order valence-corrected chi connectivity index (χ4v) is 3.18. The smallest absolute Gasteiger partial charge is 0.142 e. The summed E-state index contributed by atoms with van der Waals surface area (Å²) in [4.78, 5) is 13.1. The van der Waals surface area contributed by atoms with Gasteiger partial charge in [-0.1, -0.05) is 13.8 Å². The molecule has 0 aliphatic carbocycles. The topological polar surface area (TPSA) is 43.1 Å². The Kier molecular flexibility index (Phi) is 5.66. The second-order valence-corrected chi connectivity index (χ2v) is 6.25. The average molecular weight is 304 g/mol. The zero-order valence-electron chi connectivity index (χ0n) is 9.70. The number of rotatable bonds is 6. The van der Waals surface area contributed by atoms with Gasteiger partial charge in [-0.25, -0.2) is 0 Å². The van der Waals surface area contributed by atoms with Crippen molar-refractivity contribution in [3.8, 4) is 0 Å². The van der Waals surface area contributed by atoms with Gasteiger partial charge in [0, 0.05) is 28.2 Å². The number of ketones is 1. The Morgan fingerprint density at radius 3 is 2.69 bits per heavy atom. The molecule has 1 aromatic heterocycles. The highest BCUT2D eigenvalue weighted by molar-refractivity contribution is 9.10. The first-order valence-corrected chi connectivity index (χ1v) is 7.16. The zero-order valence-corrected chi connectivity index (χ0v) is 12.1. The van der Waals surface area contributed by atoms with Gasteiger partial charge in [-0.05, 0) is 39.7 Å². The van der Waals surface area contributed by atoms with Crippen molar-refractivity contribution >= 4 is 33.0 Å². The third kappa shape index (κ3) is 4.00. The molecule has 1 heterocycles. The number of carbonyl (C=O) groups excluding carboxylic acids is 1. The van der Waals surface area contributed by atoms with E-state index in [0.717, 1.165) is 15.8 Å². The van der Waals surface area contributed by atoms with Crippen LogP contribution in [0.2, 0.25) is 0 Å². The van der Waals surface area contributed by atoms with Gasteiger partial charge in [0.05, 0.1) is 0 Å². The highest BCUT2D eigenvalue weighted by Gasteiger charge is 2.19. The van der Waals surface area contributed by atoms with Crippen molar-refractivity contribution in [2.24, 2.45) is 17.6 Å². The van der Waals surface area contributed by atoms with Gasteiger partial charge in [0.25, 0.3) is 0 Å². The number of thiophene rings is 1. The van der Waals surface area contributed by atoms with Crippen LogP contribution in [0, 0.1) is 11.8 Å². The van der Waals surface area contributed by atoms with E-state index in [-0.39, 0.29) is 11.7 Å². The average Bonchev–Trinajstić information content (AvgIpc) is 2.60. The molecule has 2 N–H and O–H groups in total. The summed E-state index contributed by atoms with van der Waals surface area (Å²) in [6.45, 7) is 4.70. The minimum Gasteiger partial charge on any atom is -0.330 e. The van der Waals surface area contributed by atoms with Gasteiger partial charge in [0.2, 0.25) is 0 Å². The SMILES string of the molecule is CC(C)CC(CN)C(=O)Cc1sccc1Br. The van der Waals surface area contributed by atoms with Crippen LogP contribution in [0.3, 0.4) is 0 Å². The van der Waals surface area contributed by atoms with Crippen LogP contribution in [0.1, 0.15) is 25.1 Å². The number of hydrogen-bond acceptors (Lipinski definition) is 3. The lowest BCUT2D eigenvalue weighted by Crippen LogP contribution is -2.26. The monoisotopic (exact) mass is 303 g/mol. The molecule has 0 amide bonds. The van der Waals surface area contributed by atoms with Crippen molar-refractivity contribution in [2.75, 3.05) is 6.54 Å². The van der Waals surface area contributed by atoms with Crippen LogP contribution in [-0.2, 0) is 11.2 Å². The summed E-state index contributed by atoms with van der Waals surface area (Å²) in [5.74, 6) is 0.789. The van der Waals surface area contributed by atoms with Crippen molar-refractivity contribution < 1.29 is 4.79 Å². The van der Waals surface area contributed by atoms with Crippen LogP contribution in [0.15, 0.2) is 15.9 Å². The summed E-state index contributed by atoms with van der Waals surface area (Å²) in [5, 5.41) is 1.99. The highest BCUT2D eigenvalue weighted by atomic mass is 79.9. The molecule has 0 bridgehead atoms. The molecule has 0 radical (unpaired) electrons. The summed E-state index contributed by atoms with van der Waals surface area (Å²) in [7, 11) is 0. The van der Waals surface area contributed by atoms with E-state index >= 15 is 0 Å². The van der Waals surface area contributed by atoms with Gasteiger partial charge in [-0.3, -0.25) is 4.79 Å². The van der Waals surface area contributed by atoms with Crippen LogP contribution in [0.4, 0.5) is 0 Å². The maximum Gasteiger partial charge on any atom is 0.142 e. The van der Waals surface area contributed by atoms with Gasteiger partial charge in [0.1, 0.15) is 5.78 Å². The summed E-state index contributed by atoms with van der Waals surface area (Å²) < 4.78 is 1.03. The summed E-state index contributed by atoms with van der Waals surface area (Å²) >= 11 is 5.06. The molecular formula is C12H18BrNOS. The first-order chi connectivity index (χ1) is 7.54. The molecule has 0 aliphatic rings. The fourth-order valence-electron chi connectivity index (χ4n) is 1.68. The Morgan fingerprint density at radius 2 is 2.25 bits per heavy atom. The van der Waals surface area contributed by atoms with Crippen LogP contribution in [0.25, 0.3) is 0 Å². The second-order valence-electron chi connectivity index (χ2n) is 4.40. The lowest BCUT2D eigenvalue weighted by atomic mass is 9.91. The Hall–Kier alpha value is -0.190. The van der Waals surface area contributed by atoms with Crippen molar-refractivity contribution in [1.29, 1.82) is 0 Å². The number of Topliss-reactive ketones (excluding diaryl/α,β-unsaturated/α-hetero) is 1. The third-order valence-corrected chi connectivity index (χ3v) is 4.45.